The van der Waals surface area contributed by atoms with Crippen LogP contribution in [0, 0.1) is 18.3 Å². The normalized spacial score (nSPS) is 30.8. The smallest absolute Gasteiger partial charge is 0.223 e. The zero-order valence-corrected chi connectivity index (χ0v) is 13.0. The Morgan fingerprint density at radius 2 is 1.78 bits per heavy atom. The Kier molecular flexibility index (Phi) is 6.39. The number of hydrogen-bond donors (Lipinski definition) is 4. The van der Waals surface area contributed by atoms with Crippen LogP contribution >= 0.6 is 0 Å². The molecule has 0 spiro atoms. The second-order valence-corrected chi connectivity index (χ2v) is 6.11. The van der Waals surface area contributed by atoms with E-state index in [4.69, 9.17) is 11.2 Å². The lowest BCUT2D eigenvalue weighted by Gasteiger charge is -2.17. The maximum atomic E-state index is 12.0. The molecule has 1 heterocycles. The fourth-order valence-electron chi connectivity index (χ4n) is 3.10. The number of amides is 2. The molecule has 2 fully saturated rings. The van der Waals surface area contributed by atoms with Crippen molar-refractivity contribution in [3.8, 4) is 12.3 Å². The molecule has 7 nitrogen and oxygen atoms in total. The van der Waals surface area contributed by atoms with Gasteiger partial charge in [0.05, 0.1) is 19.1 Å². The number of carbonyl (C=O) groups is 2. The molecular weight excluding hydrogens is 300 g/mol. The van der Waals surface area contributed by atoms with Gasteiger partial charge < -0.3 is 25.6 Å². The van der Waals surface area contributed by atoms with Crippen LogP contribution in [-0.2, 0) is 14.3 Å². The molecule has 0 unspecified atom stereocenters. The van der Waals surface area contributed by atoms with Crippen LogP contribution in [0.4, 0.5) is 0 Å². The van der Waals surface area contributed by atoms with Crippen molar-refractivity contribution >= 4 is 11.8 Å². The maximum Gasteiger partial charge on any atom is 0.223 e. The first-order chi connectivity index (χ1) is 11.0. The monoisotopic (exact) mass is 324 g/mol. The highest BCUT2D eigenvalue weighted by Crippen LogP contribution is 2.26. The van der Waals surface area contributed by atoms with Gasteiger partial charge in [-0.15, -0.1) is 6.42 Å². The van der Waals surface area contributed by atoms with Gasteiger partial charge >= 0.3 is 0 Å². The lowest BCUT2D eigenvalue weighted by molar-refractivity contribution is -0.127. The fourth-order valence-corrected chi connectivity index (χ4v) is 3.10. The molecule has 2 amide bonds. The van der Waals surface area contributed by atoms with E-state index in [1.165, 1.54) is 0 Å². The predicted octanol–water partition coefficient (Wildman–Crippen LogP) is -1.08. The average molecular weight is 324 g/mol. The molecule has 23 heavy (non-hydrogen) atoms. The van der Waals surface area contributed by atoms with Gasteiger partial charge in [0.25, 0.3) is 0 Å². The zero-order valence-electron chi connectivity index (χ0n) is 13.0. The van der Waals surface area contributed by atoms with Gasteiger partial charge in [0.15, 0.2) is 0 Å². The van der Waals surface area contributed by atoms with Crippen molar-refractivity contribution in [2.75, 3.05) is 13.1 Å². The first-order valence-corrected chi connectivity index (χ1v) is 8.02. The molecule has 0 radical (unpaired) electrons. The molecule has 2 rings (SSSR count). The van der Waals surface area contributed by atoms with Crippen LogP contribution in [0.25, 0.3) is 0 Å². The van der Waals surface area contributed by atoms with Crippen LogP contribution < -0.4 is 10.6 Å². The van der Waals surface area contributed by atoms with Gasteiger partial charge in [-0.25, -0.2) is 0 Å². The third-order valence-corrected chi connectivity index (χ3v) is 4.44. The highest BCUT2D eigenvalue weighted by atomic mass is 16.5. The van der Waals surface area contributed by atoms with E-state index in [1.54, 1.807) is 0 Å². The summed E-state index contributed by atoms with van der Waals surface area (Å²) in [5.74, 6) is 1.92. The molecule has 128 valence electrons. The Labute approximate surface area is 135 Å². The van der Waals surface area contributed by atoms with Gasteiger partial charge in [0.1, 0.15) is 18.3 Å². The molecule has 1 saturated carbocycles. The van der Waals surface area contributed by atoms with Gasteiger partial charge in [-0.3, -0.25) is 9.59 Å². The maximum absolute atomic E-state index is 12.0. The largest absolute Gasteiger partial charge is 0.388 e. The SMILES string of the molecule is C#CCNC(=O)C[C@@H]1O[C@H](CNC(=O)C2CCCC2)[C@@H](O)[C@H]1O. The van der Waals surface area contributed by atoms with Crippen molar-refractivity contribution in [1.82, 2.24) is 10.6 Å². The molecule has 0 bridgehead atoms. The second kappa shape index (κ2) is 8.29. The van der Waals surface area contributed by atoms with Gasteiger partial charge in [-0.2, -0.15) is 0 Å². The van der Waals surface area contributed by atoms with E-state index >= 15 is 0 Å². The number of aliphatic hydroxyl groups excluding tert-OH is 2. The van der Waals surface area contributed by atoms with Crippen LogP contribution in [0.3, 0.4) is 0 Å². The summed E-state index contributed by atoms with van der Waals surface area (Å²) < 4.78 is 5.52. The summed E-state index contributed by atoms with van der Waals surface area (Å²) in [7, 11) is 0. The first-order valence-electron chi connectivity index (χ1n) is 8.02. The fraction of sp³-hybridized carbons (Fsp3) is 0.750. The number of rotatable bonds is 6. The van der Waals surface area contributed by atoms with Gasteiger partial charge in [-0.05, 0) is 12.8 Å². The Bertz CT molecular complexity index is 470. The molecule has 1 aliphatic carbocycles. The first kappa shape index (κ1) is 17.7. The van der Waals surface area contributed by atoms with Crippen molar-refractivity contribution in [3.05, 3.63) is 0 Å². The standard InChI is InChI=1S/C16H24N2O5/c1-2-7-17-13(19)8-11-14(20)15(21)12(23-11)9-18-16(22)10-5-3-4-6-10/h1,10-12,14-15,20-21H,3-9H2,(H,17,19)(H,18,22)/t11-,12+,14-,15+/m0/s1. The topological polar surface area (TPSA) is 108 Å². The molecule has 1 saturated heterocycles. The molecule has 0 aromatic heterocycles. The van der Waals surface area contributed by atoms with Crippen molar-refractivity contribution in [2.24, 2.45) is 5.92 Å². The summed E-state index contributed by atoms with van der Waals surface area (Å²) in [5.41, 5.74) is 0. The van der Waals surface area contributed by atoms with E-state index in [9.17, 15) is 19.8 Å². The molecule has 4 atom stereocenters. The number of aliphatic hydroxyl groups is 2. The van der Waals surface area contributed by atoms with Crippen LogP contribution in [0.2, 0.25) is 0 Å². The third-order valence-electron chi connectivity index (χ3n) is 4.44. The number of terminal acetylenes is 1. The molecule has 2 aliphatic rings. The van der Waals surface area contributed by atoms with Crippen LogP contribution in [-0.4, -0.2) is 59.5 Å². The Balaban J connectivity index is 1.78. The van der Waals surface area contributed by atoms with Crippen molar-refractivity contribution in [3.63, 3.8) is 0 Å². The molecular formula is C16H24N2O5. The van der Waals surface area contributed by atoms with Gasteiger partial charge in [-0.1, -0.05) is 18.8 Å². The molecule has 4 N–H and O–H groups in total. The lowest BCUT2D eigenvalue weighted by atomic mass is 10.0. The van der Waals surface area contributed by atoms with Gasteiger partial charge in [0.2, 0.25) is 11.8 Å². The van der Waals surface area contributed by atoms with Crippen molar-refractivity contribution < 1.29 is 24.5 Å². The van der Waals surface area contributed by atoms with E-state index in [0.717, 1.165) is 25.7 Å². The minimum absolute atomic E-state index is 0.0313. The Hall–Kier alpha value is -1.62. The van der Waals surface area contributed by atoms with Crippen LogP contribution in [0.1, 0.15) is 32.1 Å². The summed E-state index contributed by atoms with van der Waals surface area (Å²) in [6.07, 6.45) is 5.03. The number of nitrogens with one attached hydrogen (secondary N) is 2. The Morgan fingerprint density at radius 1 is 1.13 bits per heavy atom. The minimum atomic E-state index is -1.17. The molecule has 7 heteroatoms. The highest BCUT2D eigenvalue weighted by molar-refractivity contribution is 5.79. The molecule has 0 aromatic rings. The number of carbonyl (C=O) groups excluding carboxylic acids is 2. The summed E-state index contributed by atoms with van der Waals surface area (Å²) in [5, 5.41) is 25.2. The second-order valence-electron chi connectivity index (χ2n) is 6.11. The van der Waals surface area contributed by atoms with E-state index < -0.39 is 24.4 Å². The highest BCUT2D eigenvalue weighted by Gasteiger charge is 2.43. The molecule has 1 aliphatic heterocycles. The summed E-state index contributed by atoms with van der Waals surface area (Å²) in [6, 6.07) is 0. The molecule has 0 aromatic carbocycles. The summed E-state index contributed by atoms with van der Waals surface area (Å²) in [6.45, 7) is 0.223. The number of hydrogen-bond acceptors (Lipinski definition) is 5. The lowest BCUT2D eigenvalue weighted by Crippen LogP contribution is -2.41. The van der Waals surface area contributed by atoms with Crippen molar-refractivity contribution in [1.29, 1.82) is 0 Å². The van der Waals surface area contributed by atoms with E-state index in [-0.39, 0.29) is 37.2 Å². The minimum Gasteiger partial charge on any atom is -0.388 e. The van der Waals surface area contributed by atoms with E-state index in [2.05, 4.69) is 16.6 Å². The van der Waals surface area contributed by atoms with Gasteiger partial charge in [0, 0.05) is 12.5 Å². The van der Waals surface area contributed by atoms with E-state index in [1.807, 2.05) is 0 Å². The third kappa shape index (κ3) is 4.67. The predicted molar refractivity (Wildman–Crippen MR) is 82.1 cm³/mol. The average Bonchev–Trinajstić information content (AvgIpc) is 3.15. The Morgan fingerprint density at radius 3 is 2.43 bits per heavy atom. The summed E-state index contributed by atoms with van der Waals surface area (Å²) in [4.78, 5) is 23.6. The quantitative estimate of drug-likeness (QED) is 0.465. The van der Waals surface area contributed by atoms with Crippen LogP contribution in [0.5, 0.6) is 0 Å². The zero-order chi connectivity index (χ0) is 16.8. The van der Waals surface area contributed by atoms with E-state index in [0.29, 0.717) is 0 Å². The summed E-state index contributed by atoms with van der Waals surface area (Å²) >= 11 is 0. The van der Waals surface area contributed by atoms with Crippen LogP contribution in [0.15, 0.2) is 0 Å². The van der Waals surface area contributed by atoms with Crippen molar-refractivity contribution in [2.45, 2.75) is 56.5 Å². The number of ether oxygens (including phenoxy) is 1.